The molecule has 26 heavy (non-hydrogen) atoms. The molecule has 4 nitrogen and oxygen atoms in total. The molecule has 1 amide bonds. The molecular formula is C22H26N2O2. The molecule has 1 unspecified atom stereocenters. The second-order valence-corrected chi connectivity index (χ2v) is 7.01. The van der Waals surface area contributed by atoms with Crippen LogP contribution in [0.1, 0.15) is 47.7 Å². The third-order valence-electron chi connectivity index (χ3n) is 5.03. The van der Waals surface area contributed by atoms with Crippen molar-refractivity contribution in [2.75, 3.05) is 18.4 Å². The van der Waals surface area contributed by atoms with Gasteiger partial charge in [-0.1, -0.05) is 48.4 Å². The molecule has 1 heterocycles. The lowest BCUT2D eigenvalue weighted by molar-refractivity contribution is -0.121. The fraction of sp³-hybridized carbons (Fsp3) is 0.364. The van der Waals surface area contributed by atoms with Gasteiger partial charge in [0.1, 0.15) is 0 Å². The van der Waals surface area contributed by atoms with Crippen molar-refractivity contribution in [2.24, 2.45) is 0 Å². The van der Waals surface area contributed by atoms with E-state index in [9.17, 15) is 9.59 Å². The summed E-state index contributed by atoms with van der Waals surface area (Å²) >= 11 is 0. The first kappa shape index (κ1) is 18.3. The Hall–Kier alpha value is -2.46. The minimum atomic E-state index is -0.198. The van der Waals surface area contributed by atoms with E-state index < -0.39 is 0 Å². The Balaban J connectivity index is 1.81. The number of amides is 1. The van der Waals surface area contributed by atoms with Crippen molar-refractivity contribution >= 4 is 17.4 Å². The van der Waals surface area contributed by atoms with Crippen molar-refractivity contribution in [3.63, 3.8) is 0 Å². The van der Waals surface area contributed by atoms with Crippen molar-refractivity contribution in [2.45, 2.75) is 39.2 Å². The van der Waals surface area contributed by atoms with Crippen LogP contribution in [0.5, 0.6) is 0 Å². The van der Waals surface area contributed by atoms with Crippen LogP contribution in [0.25, 0.3) is 0 Å². The summed E-state index contributed by atoms with van der Waals surface area (Å²) in [6.45, 7) is 5.80. The first-order chi connectivity index (χ1) is 12.6. The Bertz CT molecular complexity index is 780. The van der Waals surface area contributed by atoms with Crippen molar-refractivity contribution in [3.8, 4) is 0 Å². The Kier molecular flexibility index (Phi) is 5.84. The van der Waals surface area contributed by atoms with Crippen LogP contribution in [0.4, 0.5) is 5.69 Å². The second kappa shape index (κ2) is 8.28. The zero-order valence-corrected chi connectivity index (χ0v) is 15.5. The van der Waals surface area contributed by atoms with Gasteiger partial charge in [0.25, 0.3) is 0 Å². The van der Waals surface area contributed by atoms with E-state index in [1.54, 1.807) is 12.1 Å². The molecule has 0 spiro atoms. The lowest BCUT2D eigenvalue weighted by Gasteiger charge is -2.31. The molecule has 2 aromatic carbocycles. The summed E-state index contributed by atoms with van der Waals surface area (Å²) in [5.74, 6) is -0.131. The minimum absolute atomic E-state index is 0.0575. The summed E-state index contributed by atoms with van der Waals surface area (Å²) in [6.07, 6.45) is 3.51. The Morgan fingerprint density at radius 3 is 2.38 bits per heavy atom. The standard InChI is InChI=1S/C22H26N2O2/c1-16-11-12-20(19(15-16)21(25)18-9-5-3-6-10-18)23-22(26)17(2)24-13-7-4-8-14-24/h3,5-6,9-12,15,17H,4,7-8,13-14H2,1-2H3,(H,23,26). The molecule has 0 bridgehead atoms. The van der Waals surface area contributed by atoms with Gasteiger partial charge in [0.15, 0.2) is 5.78 Å². The van der Waals surface area contributed by atoms with Gasteiger partial charge >= 0.3 is 0 Å². The highest BCUT2D eigenvalue weighted by atomic mass is 16.2. The molecule has 0 radical (unpaired) electrons. The molecule has 0 aromatic heterocycles. The van der Waals surface area contributed by atoms with Gasteiger partial charge in [-0.3, -0.25) is 14.5 Å². The summed E-state index contributed by atoms with van der Waals surface area (Å²) < 4.78 is 0. The van der Waals surface area contributed by atoms with Gasteiger partial charge in [-0.2, -0.15) is 0 Å². The maximum Gasteiger partial charge on any atom is 0.241 e. The van der Waals surface area contributed by atoms with E-state index in [1.165, 1.54) is 6.42 Å². The molecule has 3 rings (SSSR count). The predicted octanol–water partition coefficient (Wildman–Crippen LogP) is 4.04. The summed E-state index contributed by atoms with van der Waals surface area (Å²) in [4.78, 5) is 27.9. The fourth-order valence-corrected chi connectivity index (χ4v) is 3.41. The van der Waals surface area contributed by atoms with Crippen LogP contribution in [-0.4, -0.2) is 35.7 Å². The van der Waals surface area contributed by atoms with Crippen molar-refractivity contribution in [1.29, 1.82) is 0 Å². The minimum Gasteiger partial charge on any atom is -0.324 e. The average Bonchev–Trinajstić information content (AvgIpc) is 2.69. The van der Waals surface area contributed by atoms with Gasteiger partial charge in [-0.25, -0.2) is 0 Å². The van der Waals surface area contributed by atoms with Gasteiger partial charge in [0.05, 0.1) is 11.7 Å². The van der Waals surface area contributed by atoms with Crippen molar-refractivity contribution in [1.82, 2.24) is 4.90 Å². The van der Waals surface area contributed by atoms with Crippen LogP contribution < -0.4 is 5.32 Å². The molecule has 1 aliphatic rings. The number of anilines is 1. The van der Waals surface area contributed by atoms with Crippen LogP contribution in [-0.2, 0) is 4.79 Å². The average molecular weight is 350 g/mol. The van der Waals surface area contributed by atoms with Crippen molar-refractivity contribution in [3.05, 3.63) is 65.2 Å². The zero-order valence-electron chi connectivity index (χ0n) is 15.5. The van der Waals surface area contributed by atoms with Crippen LogP contribution in [0.15, 0.2) is 48.5 Å². The number of nitrogens with one attached hydrogen (secondary N) is 1. The maximum absolute atomic E-state index is 12.9. The number of ketones is 1. The third kappa shape index (κ3) is 4.20. The lowest BCUT2D eigenvalue weighted by Crippen LogP contribution is -2.44. The van der Waals surface area contributed by atoms with Gasteiger partial charge < -0.3 is 5.32 Å². The largest absolute Gasteiger partial charge is 0.324 e. The van der Waals surface area contributed by atoms with Gasteiger partial charge in [-0.15, -0.1) is 0 Å². The summed E-state index contributed by atoms with van der Waals surface area (Å²) in [5.41, 5.74) is 2.73. The molecule has 0 saturated carbocycles. The zero-order chi connectivity index (χ0) is 18.5. The molecule has 1 aliphatic heterocycles. The number of carbonyl (C=O) groups is 2. The van der Waals surface area contributed by atoms with Crippen molar-refractivity contribution < 1.29 is 9.59 Å². The van der Waals surface area contributed by atoms with Crippen LogP contribution >= 0.6 is 0 Å². The molecule has 2 aromatic rings. The van der Waals surface area contributed by atoms with Gasteiger partial charge in [-0.05, 0) is 51.9 Å². The first-order valence-corrected chi connectivity index (χ1v) is 9.31. The van der Waals surface area contributed by atoms with E-state index in [4.69, 9.17) is 0 Å². The quantitative estimate of drug-likeness (QED) is 0.828. The SMILES string of the molecule is Cc1ccc(NC(=O)C(C)N2CCCCC2)c(C(=O)c2ccccc2)c1. The lowest BCUT2D eigenvalue weighted by atomic mass is 9.99. The summed E-state index contributed by atoms with van der Waals surface area (Å²) in [6, 6.07) is 14.6. The third-order valence-corrected chi connectivity index (χ3v) is 5.03. The number of nitrogens with zero attached hydrogens (tertiary/aromatic N) is 1. The molecule has 1 N–H and O–H groups in total. The molecule has 136 valence electrons. The number of hydrogen-bond donors (Lipinski definition) is 1. The van der Waals surface area contributed by atoms with E-state index in [1.807, 2.05) is 50.2 Å². The summed E-state index contributed by atoms with van der Waals surface area (Å²) in [7, 11) is 0. The highest BCUT2D eigenvalue weighted by Gasteiger charge is 2.24. The first-order valence-electron chi connectivity index (χ1n) is 9.31. The summed E-state index contributed by atoms with van der Waals surface area (Å²) in [5, 5.41) is 2.98. The topological polar surface area (TPSA) is 49.4 Å². The molecule has 1 saturated heterocycles. The fourth-order valence-electron chi connectivity index (χ4n) is 3.41. The smallest absolute Gasteiger partial charge is 0.241 e. The van der Waals surface area contributed by atoms with Gasteiger partial charge in [0.2, 0.25) is 5.91 Å². The maximum atomic E-state index is 12.9. The Morgan fingerprint density at radius 1 is 1.00 bits per heavy atom. The molecule has 1 fully saturated rings. The van der Waals surface area contributed by atoms with Crippen LogP contribution in [0, 0.1) is 6.92 Å². The highest BCUT2D eigenvalue weighted by Crippen LogP contribution is 2.22. The highest BCUT2D eigenvalue weighted by molar-refractivity contribution is 6.14. The van der Waals surface area contributed by atoms with E-state index >= 15 is 0 Å². The number of carbonyl (C=O) groups excluding carboxylic acids is 2. The Labute approximate surface area is 155 Å². The second-order valence-electron chi connectivity index (χ2n) is 7.01. The molecule has 1 atom stereocenters. The number of piperidine rings is 1. The number of hydrogen-bond acceptors (Lipinski definition) is 3. The molecular weight excluding hydrogens is 324 g/mol. The number of benzene rings is 2. The number of likely N-dealkylation sites (tertiary alicyclic amines) is 1. The van der Waals surface area contributed by atoms with E-state index in [0.29, 0.717) is 16.8 Å². The monoisotopic (exact) mass is 350 g/mol. The molecule has 4 heteroatoms. The van der Waals surface area contributed by atoms with E-state index in [0.717, 1.165) is 31.5 Å². The molecule has 0 aliphatic carbocycles. The van der Waals surface area contributed by atoms with E-state index in [2.05, 4.69) is 10.2 Å². The van der Waals surface area contributed by atoms with E-state index in [-0.39, 0.29) is 17.7 Å². The van der Waals surface area contributed by atoms with Crippen LogP contribution in [0.3, 0.4) is 0 Å². The normalized spacial score (nSPS) is 16.1. The van der Waals surface area contributed by atoms with Gasteiger partial charge in [0, 0.05) is 11.1 Å². The Morgan fingerprint density at radius 2 is 1.69 bits per heavy atom. The number of aryl methyl sites for hydroxylation is 1. The number of rotatable bonds is 5. The predicted molar refractivity (Wildman–Crippen MR) is 105 cm³/mol. The van der Waals surface area contributed by atoms with Crippen LogP contribution in [0.2, 0.25) is 0 Å².